The van der Waals surface area contributed by atoms with Crippen molar-refractivity contribution in [2.75, 3.05) is 41.6 Å². The predicted octanol–water partition coefficient (Wildman–Crippen LogP) is 6.39. The van der Waals surface area contributed by atoms with Crippen molar-refractivity contribution in [3.63, 3.8) is 0 Å². The summed E-state index contributed by atoms with van der Waals surface area (Å²) in [5, 5.41) is 7.31. The summed E-state index contributed by atoms with van der Waals surface area (Å²) >= 11 is 0. The van der Waals surface area contributed by atoms with Gasteiger partial charge in [0, 0.05) is 43.7 Å². The van der Waals surface area contributed by atoms with E-state index in [1.54, 1.807) is 25.1 Å². The first kappa shape index (κ1) is 43.4. The second-order valence-electron chi connectivity index (χ2n) is 17.2. The first-order chi connectivity index (χ1) is 30.3. The van der Waals surface area contributed by atoms with Crippen molar-refractivity contribution < 1.29 is 42.9 Å². The lowest BCUT2D eigenvalue weighted by atomic mass is 9.92. The lowest BCUT2D eigenvalue weighted by Gasteiger charge is -2.32. The zero-order chi connectivity index (χ0) is 44.7. The SMILES string of the molecule is COC[C@H]1C[C@@H](c2nc3ccc4cc5c(cc4c3[nH]2)OCc2cc(-c3cnc([C@@H]4CC[C@H](C)N4C(=O)[C@@H](NC(=O)OC)C(C)C)[nH]3)ccc2-5)N(C(=O)[C@@H](NC(=O)OC)[C@@H](C)OC)C1. The highest BCUT2D eigenvalue weighted by Crippen LogP contribution is 2.44. The monoisotopic (exact) mass is 864 g/mol. The standard InChI is InChI=1S/C46H56N8O9/c1-23(2)38(51-45(57)61-7)44(56)54-24(3)9-14-35(54)41-47-19-34(49-41)28-10-12-30-29(16-28)22-63-37-18-31-27(17-32(30)37)11-13-33-40(31)50-42(48-33)36-15-26(21-59-5)20-53(36)43(55)39(25(4)60-6)52-46(58)62-8/h10-13,16-19,23-26,35-36,38-39H,9,14-15,20-22H2,1-8H3,(H,47,49)(H,48,50)(H,51,57)(H,52,58)/t24-,25+,26-,35-,36-,38-,39-/m0/s1. The zero-order valence-corrected chi connectivity index (χ0v) is 36.9. The Balaban J connectivity index is 1.05. The number of imidazole rings is 2. The Morgan fingerprint density at radius 3 is 2.35 bits per heavy atom. The molecule has 2 aromatic heterocycles. The van der Waals surface area contributed by atoms with Gasteiger partial charge in [0.2, 0.25) is 11.8 Å². The quantitative estimate of drug-likeness (QED) is 0.108. The number of nitrogens with zero attached hydrogens (tertiary/aromatic N) is 4. The van der Waals surface area contributed by atoms with Crippen LogP contribution in [0.5, 0.6) is 5.75 Å². The van der Waals surface area contributed by atoms with Crippen molar-refractivity contribution in [1.29, 1.82) is 0 Å². The van der Waals surface area contributed by atoms with Crippen LogP contribution >= 0.6 is 0 Å². The number of rotatable bonds is 12. The fraction of sp³-hybridized carbons (Fsp3) is 0.478. The molecule has 334 valence electrons. The number of hydrogen-bond donors (Lipinski definition) is 4. The molecule has 0 radical (unpaired) electrons. The van der Waals surface area contributed by atoms with E-state index < -0.39 is 36.4 Å². The van der Waals surface area contributed by atoms with E-state index >= 15 is 0 Å². The third-order valence-corrected chi connectivity index (χ3v) is 12.9. The highest BCUT2D eigenvalue weighted by molar-refractivity contribution is 6.07. The fourth-order valence-electron chi connectivity index (χ4n) is 9.44. The van der Waals surface area contributed by atoms with Gasteiger partial charge >= 0.3 is 12.2 Å². The molecule has 7 atom stereocenters. The molecule has 2 fully saturated rings. The van der Waals surface area contributed by atoms with Crippen LogP contribution in [-0.4, -0.2) is 120 Å². The van der Waals surface area contributed by atoms with Gasteiger partial charge in [-0.2, -0.15) is 0 Å². The summed E-state index contributed by atoms with van der Waals surface area (Å²) in [6.45, 7) is 8.81. The number of nitrogens with one attached hydrogen (secondary N) is 4. The Morgan fingerprint density at radius 1 is 0.873 bits per heavy atom. The Kier molecular flexibility index (Phi) is 12.3. The summed E-state index contributed by atoms with van der Waals surface area (Å²) < 4.78 is 27.1. The van der Waals surface area contributed by atoms with E-state index in [9.17, 15) is 19.2 Å². The molecule has 8 rings (SSSR count). The average molecular weight is 865 g/mol. The highest BCUT2D eigenvalue weighted by Gasteiger charge is 2.43. The molecule has 0 aliphatic carbocycles. The van der Waals surface area contributed by atoms with Crippen molar-refractivity contribution in [3.8, 4) is 28.1 Å². The molecule has 5 heterocycles. The van der Waals surface area contributed by atoms with Gasteiger partial charge in [-0.15, -0.1) is 0 Å². The van der Waals surface area contributed by atoms with Gasteiger partial charge in [-0.3, -0.25) is 9.59 Å². The largest absolute Gasteiger partial charge is 0.488 e. The van der Waals surface area contributed by atoms with Crippen molar-refractivity contribution in [1.82, 2.24) is 40.4 Å². The van der Waals surface area contributed by atoms with E-state index in [1.165, 1.54) is 21.3 Å². The molecule has 4 N–H and O–H groups in total. The van der Waals surface area contributed by atoms with E-state index in [1.807, 2.05) is 37.8 Å². The minimum Gasteiger partial charge on any atom is -0.488 e. The molecule has 0 bridgehead atoms. The number of methoxy groups -OCH3 is 4. The average Bonchev–Trinajstić information content (AvgIpc) is 4.11. The lowest BCUT2D eigenvalue weighted by molar-refractivity contribution is -0.138. The van der Waals surface area contributed by atoms with E-state index in [2.05, 4.69) is 50.9 Å². The number of H-pyrrole nitrogens is 2. The minimum absolute atomic E-state index is 0.0242. The molecule has 3 aromatic carbocycles. The topological polar surface area (TPSA) is 202 Å². The van der Waals surface area contributed by atoms with Gasteiger partial charge in [-0.25, -0.2) is 19.6 Å². The second kappa shape index (κ2) is 17.9. The Bertz CT molecular complexity index is 2540. The van der Waals surface area contributed by atoms with E-state index in [0.717, 1.165) is 68.3 Å². The molecule has 3 aliphatic rings. The molecule has 17 nitrogen and oxygen atoms in total. The van der Waals surface area contributed by atoms with Crippen LogP contribution in [0.3, 0.4) is 0 Å². The van der Waals surface area contributed by atoms with Gasteiger partial charge in [0.25, 0.3) is 0 Å². The highest BCUT2D eigenvalue weighted by atomic mass is 16.5. The van der Waals surface area contributed by atoms with Crippen LogP contribution in [0.1, 0.15) is 76.3 Å². The number of carbonyl (C=O) groups is 4. The van der Waals surface area contributed by atoms with Crippen molar-refractivity contribution in [2.45, 2.75) is 89.9 Å². The van der Waals surface area contributed by atoms with Gasteiger partial charge in [0.1, 0.15) is 36.1 Å². The number of aromatic amines is 2. The van der Waals surface area contributed by atoms with Gasteiger partial charge in [-0.1, -0.05) is 32.0 Å². The van der Waals surface area contributed by atoms with Gasteiger partial charge in [-0.05, 0) is 85.4 Å². The van der Waals surface area contributed by atoms with Crippen LogP contribution in [0.15, 0.2) is 48.7 Å². The molecular formula is C46H56N8O9. The van der Waals surface area contributed by atoms with Gasteiger partial charge < -0.3 is 54.1 Å². The first-order valence-corrected chi connectivity index (χ1v) is 21.4. The van der Waals surface area contributed by atoms with E-state index in [0.29, 0.717) is 37.8 Å². The van der Waals surface area contributed by atoms with Crippen LogP contribution < -0.4 is 15.4 Å². The van der Waals surface area contributed by atoms with Crippen molar-refractivity contribution >= 4 is 45.8 Å². The Labute approximate surface area is 365 Å². The zero-order valence-electron chi connectivity index (χ0n) is 36.9. The maximum Gasteiger partial charge on any atom is 0.407 e. The summed E-state index contributed by atoms with van der Waals surface area (Å²) in [7, 11) is 5.68. The maximum absolute atomic E-state index is 14.1. The normalized spacial score (nSPS) is 20.8. The smallest absolute Gasteiger partial charge is 0.407 e. The van der Waals surface area contributed by atoms with Gasteiger partial charge in [0.05, 0.1) is 61.9 Å². The number of amides is 4. The first-order valence-electron chi connectivity index (χ1n) is 21.4. The number of hydrogen-bond acceptors (Lipinski definition) is 11. The lowest BCUT2D eigenvalue weighted by Crippen LogP contribution is -2.54. The van der Waals surface area contributed by atoms with Crippen LogP contribution in [0.2, 0.25) is 0 Å². The third kappa shape index (κ3) is 8.26. The summed E-state index contributed by atoms with van der Waals surface area (Å²) in [4.78, 5) is 72.8. The van der Waals surface area contributed by atoms with Crippen molar-refractivity contribution in [2.24, 2.45) is 11.8 Å². The second-order valence-corrected chi connectivity index (χ2v) is 17.2. The molecule has 4 amide bonds. The number of alkyl carbamates (subject to hydrolysis) is 2. The molecule has 2 saturated heterocycles. The number of benzene rings is 3. The number of aromatic nitrogens is 4. The number of fused-ring (bicyclic) bond motifs is 6. The molecule has 63 heavy (non-hydrogen) atoms. The maximum atomic E-state index is 14.1. The molecule has 0 saturated carbocycles. The fourth-order valence-corrected chi connectivity index (χ4v) is 9.44. The van der Waals surface area contributed by atoms with Crippen LogP contribution in [-0.2, 0) is 35.1 Å². The molecule has 0 spiro atoms. The summed E-state index contributed by atoms with van der Waals surface area (Å²) in [6.07, 6.45) is 2.02. The molecule has 17 heteroatoms. The molecule has 3 aliphatic heterocycles. The van der Waals surface area contributed by atoms with E-state index in [-0.39, 0.29) is 35.7 Å². The predicted molar refractivity (Wildman–Crippen MR) is 234 cm³/mol. The van der Waals surface area contributed by atoms with Crippen LogP contribution in [0.25, 0.3) is 44.2 Å². The van der Waals surface area contributed by atoms with Crippen LogP contribution in [0.4, 0.5) is 9.59 Å². The molecule has 0 unspecified atom stereocenters. The third-order valence-electron chi connectivity index (χ3n) is 12.9. The van der Waals surface area contributed by atoms with Crippen LogP contribution in [0, 0.1) is 11.8 Å². The summed E-state index contributed by atoms with van der Waals surface area (Å²) in [6, 6.07) is 12.1. The Hall–Kier alpha value is -6.20. The Morgan fingerprint density at radius 2 is 1.63 bits per heavy atom. The number of likely N-dealkylation sites (tertiary alicyclic amines) is 2. The number of ether oxygens (including phenoxy) is 5. The summed E-state index contributed by atoms with van der Waals surface area (Å²) in [5.74, 6) is 1.55. The van der Waals surface area contributed by atoms with Crippen molar-refractivity contribution in [3.05, 3.63) is 65.9 Å². The number of carbonyl (C=O) groups excluding carboxylic acids is 4. The van der Waals surface area contributed by atoms with E-state index in [4.69, 9.17) is 33.7 Å². The minimum atomic E-state index is -0.970. The summed E-state index contributed by atoms with van der Waals surface area (Å²) in [5.41, 5.74) is 6.43. The molecular weight excluding hydrogens is 809 g/mol. The molecule has 5 aromatic rings. The van der Waals surface area contributed by atoms with Gasteiger partial charge in [0.15, 0.2) is 0 Å².